The molecule has 0 bridgehead atoms. The van der Waals surface area contributed by atoms with E-state index < -0.39 is 6.04 Å². The number of hydrogen-bond donors (Lipinski definition) is 1. The van der Waals surface area contributed by atoms with Gasteiger partial charge in [0.2, 0.25) is 5.91 Å². The van der Waals surface area contributed by atoms with Gasteiger partial charge in [0.25, 0.3) is 5.91 Å². The molecule has 1 N–H and O–H groups in total. The topological polar surface area (TPSA) is 49.4 Å². The Morgan fingerprint density at radius 2 is 1.81 bits per heavy atom. The largest absolute Gasteiger partial charge is 0.342 e. The highest BCUT2D eigenvalue weighted by molar-refractivity contribution is 6.06. The van der Waals surface area contributed by atoms with Gasteiger partial charge in [-0.05, 0) is 29.5 Å². The molecule has 1 fully saturated rings. The van der Waals surface area contributed by atoms with Gasteiger partial charge in [-0.15, -0.1) is 0 Å². The maximum atomic E-state index is 12.6. The summed E-state index contributed by atoms with van der Waals surface area (Å²) in [5.74, 6) is -0.141. The molecular formula is C17H24N2O2. The van der Waals surface area contributed by atoms with E-state index in [1.165, 1.54) is 5.56 Å². The molecule has 1 heterocycles. The van der Waals surface area contributed by atoms with Crippen molar-refractivity contribution in [3.63, 3.8) is 0 Å². The summed E-state index contributed by atoms with van der Waals surface area (Å²) in [5.41, 5.74) is 1.75. The summed E-state index contributed by atoms with van der Waals surface area (Å²) in [4.78, 5) is 26.1. The van der Waals surface area contributed by atoms with Crippen LogP contribution in [-0.4, -0.2) is 24.4 Å². The van der Waals surface area contributed by atoms with E-state index in [4.69, 9.17) is 0 Å². The number of aryl methyl sites for hydroxylation is 1. The van der Waals surface area contributed by atoms with Crippen LogP contribution < -0.4 is 10.2 Å². The third-order valence-electron chi connectivity index (χ3n) is 3.77. The van der Waals surface area contributed by atoms with Crippen LogP contribution in [0.25, 0.3) is 0 Å². The van der Waals surface area contributed by atoms with Gasteiger partial charge < -0.3 is 10.2 Å². The summed E-state index contributed by atoms with van der Waals surface area (Å²) in [6.45, 7) is 8.12. The van der Waals surface area contributed by atoms with E-state index in [9.17, 15) is 9.59 Å². The summed E-state index contributed by atoms with van der Waals surface area (Å²) in [7, 11) is 0. The molecule has 0 saturated carbocycles. The Kier molecular flexibility index (Phi) is 4.35. The molecule has 1 unspecified atom stereocenters. The fourth-order valence-corrected chi connectivity index (χ4v) is 2.58. The molecule has 21 heavy (non-hydrogen) atoms. The summed E-state index contributed by atoms with van der Waals surface area (Å²) in [5, 5.41) is 2.81. The Labute approximate surface area is 126 Å². The number of piperazine rings is 1. The highest BCUT2D eigenvalue weighted by Crippen LogP contribution is 2.26. The van der Waals surface area contributed by atoms with Crippen molar-refractivity contribution in [3.05, 3.63) is 29.8 Å². The molecule has 0 spiro atoms. The minimum absolute atomic E-state index is 0.0367. The van der Waals surface area contributed by atoms with Crippen LogP contribution in [0.3, 0.4) is 0 Å². The van der Waals surface area contributed by atoms with Gasteiger partial charge in [-0.3, -0.25) is 9.59 Å². The van der Waals surface area contributed by atoms with Gasteiger partial charge in [0.05, 0.1) is 0 Å². The van der Waals surface area contributed by atoms with E-state index in [-0.39, 0.29) is 23.8 Å². The van der Waals surface area contributed by atoms with E-state index in [2.05, 4.69) is 12.2 Å². The SMILES string of the molecule is CCCc1ccc(N2CC(=O)NC(C(C)(C)C)C2=O)cc1. The van der Waals surface area contributed by atoms with Gasteiger partial charge in [0.15, 0.2) is 0 Å². The number of carbonyl (C=O) groups excluding carboxylic acids is 2. The van der Waals surface area contributed by atoms with Crippen LogP contribution in [-0.2, 0) is 16.0 Å². The fourth-order valence-electron chi connectivity index (χ4n) is 2.58. The molecule has 0 aromatic heterocycles. The van der Waals surface area contributed by atoms with Crippen molar-refractivity contribution >= 4 is 17.5 Å². The quantitative estimate of drug-likeness (QED) is 0.929. The predicted molar refractivity (Wildman–Crippen MR) is 84.2 cm³/mol. The number of benzene rings is 1. The molecule has 1 atom stereocenters. The van der Waals surface area contributed by atoms with E-state index in [0.717, 1.165) is 18.5 Å². The summed E-state index contributed by atoms with van der Waals surface area (Å²) < 4.78 is 0. The molecule has 1 aliphatic rings. The number of amides is 2. The maximum absolute atomic E-state index is 12.6. The second kappa shape index (κ2) is 5.88. The van der Waals surface area contributed by atoms with E-state index >= 15 is 0 Å². The second-order valence-electron chi connectivity index (χ2n) is 6.71. The minimum atomic E-state index is -0.478. The van der Waals surface area contributed by atoms with Crippen molar-refractivity contribution in [2.24, 2.45) is 5.41 Å². The monoisotopic (exact) mass is 288 g/mol. The third-order valence-corrected chi connectivity index (χ3v) is 3.77. The number of anilines is 1. The zero-order valence-electron chi connectivity index (χ0n) is 13.3. The third kappa shape index (κ3) is 3.43. The van der Waals surface area contributed by atoms with Crippen LogP contribution in [0.5, 0.6) is 0 Å². The molecular weight excluding hydrogens is 264 g/mol. The van der Waals surface area contributed by atoms with Crippen molar-refractivity contribution in [3.8, 4) is 0 Å². The van der Waals surface area contributed by atoms with Crippen molar-refractivity contribution in [2.45, 2.75) is 46.6 Å². The van der Waals surface area contributed by atoms with Crippen molar-refractivity contribution in [2.75, 3.05) is 11.4 Å². The molecule has 2 amide bonds. The first-order valence-electron chi connectivity index (χ1n) is 7.52. The molecule has 114 valence electrons. The zero-order valence-corrected chi connectivity index (χ0v) is 13.3. The van der Waals surface area contributed by atoms with Crippen LogP contribution in [0.15, 0.2) is 24.3 Å². The molecule has 4 heteroatoms. The number of nitrogens with zero attached hydrogens (tertiary/aromatic N) is 1. The summed E-state index contributed by atoms with van der Waals surface area (Å²) in [6.07, 6.45) is 2.12. The van der Waals surface area contributed by atoms with Gasteiger partial charge in [-0.2, -0.15) is 0 Å². The Morgan fingerprint density at radius 1 is 1.19 bits per heavy atom. The molecule has 0 aliphatic carbocycles. The van der Waals surface area contributed by atoms with E-state index in [0.29, 0.717) is 0 Å². The molecule has 0 radical (unpaired) electrons. The lowest BCUT2D eigenvalue weighted by Crippen LogP contribution is -2.62. The lowest BCUT2D eigenvalue weighted by Gasteiger charge is -2.38. The molecule has 4 nitrogen and oxygen atoms in total. The van der Waals surface area contributed by atoms with Crippen molar-refractivity contribution in [1.82, 2.24) is 5.32 Å². The van der Waals surface area contributed by atoms with Crippen LogP contribution >= 0.6 is 0 Å². The van der Waals surface area contributed by atoms with Crippen molar-refractivity contribution < 1.29 is 9.59 Å². The van der Waals surface area contributed by atoms with Crippen LogP contribution in [0.1, 0.15) is 39.7 Å². The molecule has 1 aliphatic heterocycles. The first-order valence-corrected chi connectivity index (χ1v) is 7.52. The summed E-state index contributed by atoms with van der Waals surface area (Å²) >= 11 is 0. The Hall–Kier alpha value is -1.84. The standard InChI is InChI=1S/C17H24N2O2/c1-5-6-12-7-9-13(10-8-12)19-11-14(20)18-15(16(19)21)17(2,3)4/h7-10,15H,5-6,11H2,1-4H3,(H,18,20). The highest BCUT2D eigenvalue weighted by atomic mass is 16.2. The average molecular weight is 288 g/mol. The first-order chi connectivity index (χ1) is 9.82. The van der Waals surface area contributed by atoms with Crippen LogP contribution in [0.2, 0.25) is 0 Å². The normalized spacial score (nSPS) is 19.6. The first kappa shape index (κ1) is 15.5. The summed E-state index contributed by atoms with van der Waals surface area (Å²) in [6, 6.07) is 7.45. The average Bonchev–Trinajstić information content (AvgIpc) is 2.41. The molecule has 1 aromatic rings. The Balaban J connectivity index is 2.25. The molecule has 1 saturated heterocycles. The van der Waals surface area contributed by atoms with Crippen LogP contribution in [0, 0.1) is 5.41 Å². The molecule has 2 rings (SSSR count). The van der Waals surface area contributed by atoms with Gasteiger partial charge >= 0.3 is 0 Å². The smallest absolute Gasteiger partial charge is 0.250 e. The number of nitrogens with one attached hydrogen (secondary N) is 1. The zero-order chi connectivity index (χ0) is 15.6. The van der Waals surface area contributed by atoms with Gasteiger partial charge in [-0.1, -0.05) is 46.2 Å². The van der Waals surface area contributed by atoms with Crippen molar-refractivity contribution in [1.29, 1.82) is 0 Å². The second-order valence-corrected chi connectivity index (χ2v) is 6.71. The lowest BCUT2D eigenvalue weighted by molar-refractivity contribution is -0.133. The fraction of sp³-hybridized carbons (Fsp3) is 0.529. The minimum Gasteiger partial charge on any atom is -0.342 e. The number of carbonyl (C=O) groups is 2. The molecule has 1 aromatic carbocycles. The Bertz CT molecular complexity index is 529. The predicted octanol–water partition coefficient (Wildman–Crippen LogP) is 2.52. The highest BCUT2D eigenvalue weighted by Gasteiger charge is 2.40. The number of hydrogen-bond acceptors (Lipinski definition) is 2. The Morgan fingerprint density at radius 3 is 2.33 bits per heavy atom. The van der Waals surface area contributed by atoms with E-state index in [1.807, 2.05) is 45.0 Å². The number of rotatable bonds is 3. The van der Waals surface area contributed by atoms with Crippen LogP contribution in [0.4, 0.5) is 5.69 Å². The van der Waals surface area contributed by atoms with Gasteiger partial charge in [0, 0.05) is 5.69 Å². The maximum Gasteiger partial charge on any atom is 0.250 e. The lowest BCUT2D eigenvalue weighted by atomic mass is 9.84. The van der Waals surface area contributed by atoms with Gasteiger partial charge in [-0.25, -0.2) is 0 Å². The van der Waals surface area contributed by atoms with Gasteiger partial charge in [0.1, 0.15) is 12.6 Å². The van der Waals surface area contributed by atoms with E-state index in [1.54, 1.807) is 4.90 Å².